The van der Waals surface area contributed by atoms with E-state index in [2.05, 4.69) is 31.0 Å². The lowest BCUT2D eigenvalue weighted by Crippen LogP contribution is -2.48. The van der Waals surface area contributed by atoms with Crippen LogP contribution < -0.4 is 10.1 Å². The summed E-state index contributed by atoms with van der Waals surface area (Å²) in [4.78, 5) is 2.46. The molecule has 0 unspecified atom stereocenters. The van der Waals surface area contributed by atoms with Crippen molar-refractivity contribution in [3.8, 4) is 11.5 Å². The average molecular weight is 351 g/mol. The van der Waals surface area contributed by atoms with Crippen LogP contribution in [0.15, 0.2) is 18.2 Å². The molecule has 1 atom stereocenters. The number of rotatable bonds is 3. The van der Waals surface area contributed by atoms with Gasteiger partial charge in [-0.05, 0) is 11.5 Å². The first-order valence-electron chi connectivity index (χ1n) is 7.25. The summed E-state index contributed by atoms with van der Waals surface area (Å²) < 4.78 is 5.18. The van der Waals surface area contributed by atoms with E-state index in [0.717, 1.165) is 31.7 Å². The van der Waals surface area contributed by atoms with E-state index < -0.39 is 0 Å². The molecular weight excluding hydrogens is 323 g/mol. The van der Waals surface area contributed by atoms with E-state index in [1.54, 1.807) is 13.2 Å². The van der Waals surface area contributed by atoms with E-state index in [0.29, 0.717) is 11.5 Å². The lowest BCUT2D eigenvalue weighted by Gasteiger charge is -2.42. The SMILES string of the molecule is COc1ccc([C@@H](N2CCNCC2)C(C)(C)C)c(O)c1.Cl.Cl. The van der Waals surface area contributed by atoms with E-state index in [9.17, 15) is 5.11 Å². The van der Waals surface area contributed by atoms with Crippen LogP contribution in [0.2, 0.25) is 0 Å². The fourth-order valence-corrected chi connectivity index (χ4v) is 3.03. The minimum atomic E-state index is 0. The highest BCUT2D eigenvalue weighted by atomic mass is 35.5. The fourth-order valence-electron chi connectivity index (χ4n) is 3.03. The number of methoxy groups -OCH3 is 1. The molecule has 128 valence electrons. The van der Waals surface area contributed by atoms with Crippen LogP contribution in [0.25, 0.3) is 0 Å². The number of aromatic hydroxyl groups is 1. The van der Waals surface area contributed by atoms with Gasteiger partial charge in [0.2, 0.25) is 0 Å². The molecule has 2 rings (SSSR count). The summed E-state index contributed by atoms with van der Waals surface area (Å²) in [6, 6.07) is 5.83. The first-order valence-corrected chi connectivity index (χ1v) is 7.25. The quantitative estimate of drug-likeness (QED) is 0.878. The Morgan fingerprint density at radius 1 is 1.18 bits per heavy atom. The molecule has 2 N–H and O–H groups in total. The molecule has 0 aliphatic carbocycles. The maximum absolute atomic E-state index is 10.4. The molecule has 0 amide bonds. The van der Waals surface area contributed by atoms with Crippen LogP contribution in [0, 0.1) is 5.41 Å². The molecule has 0 aromatic heterocycles. The summed E-state index contributed by atoms with van der Waals surface area (Å²) in [6.45, 7) is 10.7. The number of piperazine rings is 1. The van der Waals surface area contributed by atoms with Crippen molar-refractivity contribution in [1.29, 1.82) is 0 Å². The maximum Gasteiger partial charge on any atom is 0.124 e. The fraction of sp³-hybridized carbons (Fsp3) is 0.625. The summed E-state index contributed by atoms with van der Waals surface area (Å²) in [5.41, 5.74) is 1.05. The van der Waals surface area contributed by atoms with Crippen LogP contribution in [0.3, 0.4) is 0 Å². The zero-order valence-electron chi connectivity index (χ0n) is 13.8. The third-order valence-corrected chi connectivity index (χ3v) is 3.87. The van der Waals surface area contributed by atoms with Gasteiger partial charge in [-0.2, -0.15) is 0 Å². The molecule has 1 aliphatic rings. The maximum atomic E-state index is 10.4. The van der Waals surface area contributed by atoms with Crippen LogP contribution in [-0.2, 0) is 0 Å². The lowest BCUT2D eigenvalue weighted by molar-refractivity contribution is 0.0842. The first-order chi connectivity index (χ1) is 9.43. The lowest BCUT2D eigenvalue weighted by atomic mass is 9.80. The molecule has 0 saturated carbocycles. The summed E-state index contributed by atoms with van der Waals surface area (Å²) in [7, 11) is 1.62. The van der Waals surface area contributed by atoms with Crippen molar-refractivity contribution in [1.82, 2.24) is 10.2 Å². The van der Waals surface area contributed by atoms with Gasteiger partial charge in [0.1, 0.15) is 11.5 Å². The average Bonchev–Trinajstić information content (AvgIpc) is 2.40. The van der Waals surface area contributed by atoms with Crippen molar-refractivity contribution in [2.45, 2.75) is 26.8 Å². The van der Waals surface area contributed by atoms with Gasteiger partial charge in [-0.3, -0.25) is 4.90 Å². The van der Waals surface area contributed by atoms with Gasteiger partial charge in [0.15, 0.2) is 0 Å². The standard InChI is InChI=1S/C16H26N2O2.2ClH/c1-16(2,3)15(18-9-7-17-8-10-18)13-6-5-12(20-4)11-14(13)19;;/h5-6,11,15,17,19H,7-10H2,1-4H3;2*1H/t15-;;/m1../s1. The number of nitrogens with one attached hydrogen (secondary N) is 1. The minimum absolute atomic E-state index is 0. The number of phenols is 1. The Labute approximate surface area is 146 Å². The topological polar surface area (TPSA) is 44.7 Å². The van der Waals surface area contributed by atoms with E-state index in [1.807, 2.05) is 12.1 Å². The van der Waals surface area contributed by atoms with Gasteiger partial charge in [-0.1, -0.05) is 26.8 Å². The molecule has 1 aromatic carbocycles. The molecule has 4 nitrogen and oxygen atoms in total. The Hall–Kier alpha value is -0.680. The molecule has 0 radical (unpaired) electrons. The molecule has 1 heterocycles. The van der Waals surface area contributed by atoms with Crippen LogP contribution >= 0.6 is 24.8 Å². The van der Waals surface area contributed by atoms with Gasteiger partial charge >= 0.3 is 0 Å². The molecular formula is C16H28Cl2N2O2. The molecule has 0 bridgehead atoms. The summed E-state index contributed by atoms with van der Waals surface area (Å²) in [5, 5.41) is 13.7. The van der Waals surface area contributed by atoms with Gasteiger partial charge in [-0.25, -0.2) is 0 Å². The van der Waals surface area contributed by atoms with Crippen LogP contribution in [-0.4, -0.2) is 43.3 Å². The van der Waals surface area contributed by atoms with E-state index in [-0.39, 0.29) is 36.3 Å². The van der Waals surface area contributed by atoms with Crippen LogP contribution in [0.5, 0.6) is 11.5 Å². The largest absolute Gasteiger partial charge is 0.507 e. The van der Waals surface area contributed by atoms with Crippen molar-refractivity contribution >= 4 is 24.8 Å². The molecule has 1 aromatic rings. The van der Waals surface area contributed by atoms with Gasteiger partial charge in [0.25, 0.3) is 0 Å². The van der Waals surface area contributed by atoms with E-state index in [1.165, 1.54) is 0 Å². The molecule has 6 heteroatoms. The van der Waals surface area contributed by atoms with Gasteiger partial charge in [-0.15, -0.1) is 24.8 Å². The normalized spacial score (nSPS) is 17.1. The number of hydrogen-bond donors (Lipinski definition) is 2. The number of halogens is 2. The monoisotopic (exact) mass is 350 g/mol. The molecule has 1 fully saturated rings. The summed E-state index contributed by atoms with van der Waals surface area (Å²) in [6.07, 6.45) is 0. The predicted molar refractivity (Wildman–Crippen MR) is 95.8 cm³/mol. The van der Waals surface area contributed by atoms with E-state index >= 15 is 0 Å². The summed E-state index contributed by atoms with van der Waals surface area (Å²) >= 11 is 0. The highest BCUT2D eigenvalue weighted by Crippen LogP contribution is 2.42. The number of nitrogens with zero attached hydrogens (tertiary/aromatic N) is 1. The Kier molecular flexibility index (Phi) is 8.55. The second-order valence-corrected chi connectivity index (χ2v) is 6.48. The van der Waals surface area contributed by atoms with Crippen LogP contribution in [0.4, 0.5) is 0 Å². The van der Waals surface area contributed by atoms with Gasteiger partial charge in [0.05, 0.1) is 7.11 Å². The molecule has 1 aliphatic heterocycles. The second-order valence-electron chi connectivity index (χ2n) is 6.48. The zero-order chi connectivity index (χ0) is 14.8. The predicted octanol–water partition coefficient (Wildman–Crippen LogP) is 3.24. The van der Waals surface area contributed by atoms with Gasteiger partial charge < -0.3 is 15.2 Å². The number of phenolic OH excluding ortho intramolecular Hbond substituents is 1. The van der Waals surface area contributed by atoms with Crippen molar-refractivity contribution in [2.75, 3.05) is 33.3 Å². The highest BCUT2D eigenvalue weighted by molar-refractivity contribution is 5.85. The van der Waals surface area contributed by atoms with Crippen molar-refractivity contribution < 1.29 is 9.84 Å². The highest BCUT2D eigenvalue weighted by Gasteiger charge is 2.34. The Bertz CT molecular complexity index is 458. The third kappa shape index (κ3) is 4.92. The van der Waals surface area contributed by atoms with Crippen molar-refractivity contribution in [3.63, 3.8) is 0 Å². The summed E-state index contributed by atoms with van der Waals surface area (Å²) in [5.74, 6) is 1.02. The molecule has 1 saturated heterocycles. The van der Waals surface area contributed by atoms with Crippen molar-refractivity contribution in [3.05, 3.63) is 23.8 Å². The first kappa shape index (κ1) is 21.3. The van der Waals surface area contributed by atoms with E-state index in [4.69, 9.17) is 4.74 Å². The number of hydrogen-bond acceptors (Lipinski definition) is 4. The Morgan fingerprint density at radius 3 is 2.23 bits per heavy atom. The second kappa shape index (κ2) is 8.82. The van der Waals surface area contributed by atoms with Crippen molar-refractivity contribution in [2.24, 2.45) is 5.41 Å². The third-order valence-electron chi connectivity index (χ3n) is 3.87. The smallest absolute Gasteiger partial charge is 0.124 e. The Balaban J connectivity index is 0.00000220. The minimum Gasteiger partial charge on any atom is -0.507 e. The molecule has 22 heavy (non-hydrogen) atoms. The number of ether oxygens (including phenoxy) is 1. The Morgan fingerprint density at radius 2 is 1.77 bits per heavy atom. The zero-order valence-corrected chi connectivity index (χ0v) is 15.4. The van der Waals surface area contributed by atoms with Gasteiger partial charge in [0, 0.05) is 43.9 Å². The number of benzene rings is 1. The molecule has 0 spiro atoms. The van der Waals surface area contributed by atoms with Crippen LogP contribution in [0.1, 0.15) is 32.4 Å².